The van der Waals surface area contributed by atoms with Crippen molar-refractivity contribution in [1.82, 2.24) is 9.97 Å². The van der Waals surface area contributed by atoms with Gasteiger partial charge >= 0.3 is 6.18 Å². The molecule has 0 spiro atoms. The van der Waals surface area contributed by atoms with E-state index in [0.717, 1.165) is 6.07 Å². The molecule has 0 aliphatic carbocycles. The standard InChI is InChI=1S/C11H9F3N2O/c1-6-15-9-7(10(16-6)17-2)4-3-5-8(9)11(12,13)14/h3-5H,1-2H3. The Hall–Kier alpha value is -1.85. The van der Waals surface area contributed by atoms with Crippen molar-refractivity contribution in [3.8, 4) is 5.88 Å². The van der Waals surface area contributed by atoms with Gasteiger partial charge < -0.3 is 4.74 Å². The molecule has 17 heavy (non-hydrogen) atoms. The van der Waals surface area contributed by atoms with Gasteiger partial charge in [-0.05, 0) is 19.1 Å². The number of methoxy groups -OCH3 is 1. The topological polar surface area (TPSA) is 35.0 Å². The summed E-state index contributed by atoms with van der Waals surface area (Å²) in [5, 5.41) is 0.257. The Labute approximate surface area is 95.3 Å². The highest BCUT2D eigenvalue weighted by atomic mass is 19.4. The average molecular weight is 242 g/mol. The smallest absolute Gasteiger partial charge is 0.418 e. The van der Waals surface area contributed by atoms with E-state index in [2.05, 4.69) is 9.97 Å². The maximum atomic E-state index is 12.8. The summed E-state index contributed by atoms with van der Waals surface area (Å²) in [6.07, 6.45) is -4.44. The van der Waals surface area contributed by atoms with Crippen LogP contribution < -0.4 is 4.74 Å². The van der Waals surface area contributed by atoms with Gasteiger partial charge in [-0.25, -0.2) is 4.98 Å². The van der Waals surface area contributed by atoms with Gasteiger partial charge in [0.25, 0.3) is 0 Å². The van der Waals surface area contributed by atoms with Crippen molar-refractivity contribution < 1.29 is 17.9 Å². The molecule has 1 aromatic heterocycles. The Morgan fingerprint density at radius 3 is 2.47 bits per heavy atom. The maximum absolute atomic E-state index is 12.8. The van der Waals surface area contributed by atoms with E-state index in [4.69, 9.17) is 4.74 Å². The monoisotopic (exact) mass is 242 g/mol. The molecule has 0 aliphatic heterocycles. The van der Waals surface area contributed by atoms with Crippen molar-refractivity contribution in [2.45, 2.75) is 13.1 Å². The van der Waals surface area contributed by atoms with Crippen molar-refractivity contribution in [2.75, 3.05) is 7.11 Å². The number of ether oxygens (including phenoxy) is 1. The van der Waals surface area contributed by atoms with Crippen LogP contribution in [0.2, 0.25) is 0 Å². The fourth-order valence-electron chi connectivity index (χ4n) is 1.61. The van der Waals surface area contributed by atoms with Gasteiger partial charge in [0.2, 0.25) is 5.88 Å². The molecule has 1 heterocycles. The lowest BCUT2D eigenvalue weighted by Crippen LogP contribution is -2.08. The van der Waals surface area contributed by atoms with Gasteiger partial charge in [0.15, 0.2) is 0 Å². The molecule has 0 atom stereocenters. The van der Waals surface area contributed by atoms with Gasteiger partial charge in [-0.15, -0.1) is 0 Å². The number of nitrogens with zero attached hydrogens (tertiary/aromatic N) is 2. The number of para-hydroxylation sites is 1. The van der Waals surface area contributed by atoms with Crippen LogP contribution in [0.25, 0.3) is 10.9 Å². The molecule has 1 aromatic carbocycles. The van der Waals surface area contributed by atoms with Crippen LogP contribution in [0.4, 0.5) is 13.2 Å². The summed E-state index contributed by atoms with van der Waals surface area (Å²) in [6.45, 7) is 1.52. The Bertz CT molecular complexity index is 566. The van der Waals surface area contributed by atoms with Crippen LogP contribution in [-0.2, 0) is 6.18 Å². The fourth-order valence-corrected chi connectivity index (χ4v) is 1.61. The highest BCUT2D eigenvalue weighted by Gasteiger charge is 2.33. The van der Waals surface area contributed by atoms with Crippen LogP contribution in [0.5, 0.6) is 5.88 Å². The Kier molecular flexibility index (Phi) is 2.65. The molecule has 2 aromatic rings. The molecule has 0 fully saturated rings. The van der Waals surface area contributed by atoms with Crippen LogP contribution in [0.1, 0.15) is 11.4 Å². The van der Waals surface area contributed by atoms with Crippen LogP contribution in [0.15, 0.2) is 18.2 Å². The third-order valence-electron chi connectivity index (χ3n) is 2.30. The van der Waals surface area contributed by atoms with Crippen molar-refractivity contribution in [3.63, 3.8) is 0 Å². The van der Waals surface area contributed by atoms with Crippen molar-refractivity contribution in [3.05, 3.63) is 29.6 Å². The minimum absolute atomic E-state index is 0.135. The van der Waals surface area contributed by atoms with Crippen molar-refractivity contribution in [2.24, 2.45) is 0 Å². The molecule has 0 saturated carbocycles. The fraction of sp³-hybridized carbons (Fsp3) is 0.273. The quantitative estimate of drug-likeness (QED) is 0.771. The summed E-state index contributed by atoms with van der Waals surface area (Å²) in [5.74, 6) is 0.393. The average Bonchev–Trinajstić information content (AvgIpc) is 2.25. The molecule has 3 nitrogen and oxygen atoms in total. The molecule has 0 amide bonds. The second-order valence-electron chi connectivity index (χ2n) is 3.48. The normalized spacial score (nSPS) is 11.8. The molecule has 0 saturated heterocycles. The lowest BCUT2D eigenvalue weighted by Gasteiger charge is -2.11. The van der Waals surface area contributed by atoms with Crippen LogP contribution in [0.3, 0.4) is 0 Å². The first kappa shape index (κ1) is 11.6. The predicted molar refractivity (Wildman–Crippen MR) is 55.8 cm³/mol. The van der Waals surface area contributed by atoms with E-state index >= 15 is 0 Å². The van der Waals surface area contributed by atoms with E-state index in [9.17, 15) is 13.2 Å². The minimum Gasteiger partial charge on any atom is -0.480 e. The lowest BCUT2D eigenvalue weighted by atomic mass is 10.1. The first-order valence-electron chi connectivity index (χ1n) is 4.82. The molecular weight excluding hydrogens is 233 g/mol. The summed E-state index contributed by atoms with van der Waals surface area (Å²) < 4.78 is 43.3. The zero-order valence-corrected chi connectivity index (χ0v) is 9.17. The van der Waals surface area contributed by atoms with E-state index < -0.39 is 11.7 Å². The van der Waals surface area contributed by atoms with Gasteiger partial charge in [-0.3, -0.25) is 0 Å². The maximum Gasteiger partial charge on any atom is 0.418 e. The van der Waals surface area contributed by atoms with Crippen LogP contribution in [0, 0.1) is 6.92 Å². The number of fused-ring (bicyclic) bond motifs is 1. The summed E-state index contributed by atoms with van der Waals surface area (Å²) in [5.41, 5.74) is -0.914. The number of benzene rings is 1. The van der Waals surface area contributed by atoms with E-state index in [-0.39, 0.29) is 22.6 Å². The molecular formula is C11H9F3N2O. The van der Waals surface area contributed by atoms with E-state index in [1.165, 1.54) is 26.2 Å². The molecule has 2 rings (SSSR count). The number of rotatable bonds is 1. The van der Waals surface area contributed by atoms with Gasteiger partial charge in [0.1, 0.15) is 5.82 Å². The van der Waals surface area contributed by atoms with Crippen LogP contribution >= 0.6 is 0 Å². The molecule has 0 aliphatic rings. The Morgan fingerprint density at radius 1 is 1.18 bits per heavy atom. The zero-order valence-electron chi connectivity index (χ0n) is 9.17. The number of alkyl halides is 3. The summed E-state index contributed by atoms with van der Waals surface area (Å²) in [6, 6.07) is 3.81. The minimum atomic E-state index is -4.44. The van der Waals surface area contributed by atoms with Gasteiger partial charge in [0.05, 0.1) is 23.6 Å². The number of aromatic nitrogens is 2. The summed E-state index contributed by atoms with van der Waals surface area (Å²) >= 11 is 0. The van der Waals surface area contributed by atoms with E-state index in [1.807, 2.05) is 0 Å². The third-order valence-corrected chi connectivity index (χ3v) is 2.30. The molecule has 0 N–H and O–H groups in total. The Balaban J connectivity index is 2.85. The SMILES string of the molecule is COc1nc(C)nc2c(C(F)(F)F)cccc12. The van der Waals surface area contributed by atoms with Crippen molar-refractivity contribution in [1.29, 1.82) is 0 Å². The molecule has 0 radical (unpaired) electrons. The highest BCUT2D eigenvalue weighted by Crippen LogP contribution is 2.35. The third kappa shape index (κ3) is 2.02. The van der Waals surface area contributed by atoms with E-state index in [1.54, 1.807) is 0 Å². The predicted octanol–water partition coefficient (Wildman–Crippen LogP) is 2.97. The van der Waals surface area contributed by atoms with Gasteiger partial charge in [-0.1, -0.05) is 6.07 Å². The second kappa shape index (κ2) is 3.87. The van der Waals surface area contributed by atoms with Crippen molar-refractivity contribution >= 4 is 10.9 Å². The first-order chi connectivity index (χ1) is 7.93. The first-order valence-corrected chi connectivity index (χ1v) is 4.82. The van der Waals surface area contributed by atoms with E-state index in [0.29, 0.717) is 0 Å². The number of aryl methyl sites for hydroxylation is 1. The molecule has 0 bridgehead atoms. The summed E-state index contributed by atoms with van der Waals surface area (Å²) in [4.78, 5) is 7.78. The Morgan fingerprint density at radius 2 is 1.88 bits per heavy atom. The zero-order chi connectivity index (χ0) is 12.6. The molecule has 0 unspecified atom stereocenters. The highest BCUT2D eigenvalue weighted by molar-refractivity contribution is 5.86. The molecule has 90 valence electrons. The number of hydrogen-bond acceptors (Lipinski definition) is 3. The number of halogens is 3. The second-order valence-corrected chi connectivity index (χ2v) is 3.48. The lowest BCUT2D eigenvalue weighted by molar-refractivity contribution is -0.136. The largest absolute Gasteiger partial charge is 0.480 e. The molecule has 6 heteroatoms. The number of hydrogen-bond donors (Lipinski definition) is 0. The summed E-state index contributed by atoms with van der Waals surface area (Å²) in [7, 11) is 1.36. The van der Waals surface area contributed by atoms with Crippen LogP contribution in [-0.4, -0.2) is 17.1 Å². The van der Waals surface area contributed by atoms with Gasteiger partial charge in [-0.2, -0.15) is 18.2 Å². The van der Waals surface area contributed by atoms with Gasteiger partial charge in [0, 0.05) is 0 Å².